The number of ether oxygens (including phenoxy) is 1. The first-order valence-electron chi connectivity index (χ1n) is 18.3. The number of fused-ring (bicyclic) bond motifs is 4. The summed E-state index contributed by atoms with van der Waals surface area (Å²) in [6, 6.07) is 37.9. The lowest BCUT2D eigenvalue weighted by Crippen LogP contribution is -2.53. The second-order valence-corrected chi connectivity index (χ2v) is 15.0. The fourth-order valence-corrected chi connectivity index (χ4v) is 9.83. The number of rotatable bonds is 7. The summed E-state index contributed by atoms with van der Waals surface area (Å²) in [5.74, 6) is -4.97. The minimum atomic E-state index is -1.45. The maximum absolute atomic E-state index is 15.4. The lowest BCUT2D eigenvalue weighted by Gasteiger charge is -2.50. The molecule has 0 unspecified atom stereocenters. The van der Waals surface area contributed by atoms with Gasteiger partial charge in [-0.15, -0.1) is 0 Å². The van der Waals surface area contributed by atoms with Gasteiger partial charge in [-0.3, -0.25) is 24.1 Å². The Labute approximate surface area is 322 Å². The van der Waals surface area contributed by atoms with Crippen LogP contribution < -0.4 is 19.9 Å². The maximum Gasteiger partial charge on any atom is 0.246 e. The predicted molar refractivity (Wildman–Crippen MR) is 209 cm³/mol. The van der Waals surface area contributed by atoms with Gasteiger partial charge in [-0.25, -0.2) is 4.90 Å². The van der Waals surface area contributed by atoms with Gasteiger partial charge in [-0.2, -0.15) is 0 Å². The van der Waals surface area contributed by atoms with Gasteiger partial charge in [-0.05, 0) is 96.6 Å². The van der Waals surface area contributed by atoms with Crippen molar-refractivity contribution in [3.63, 3.8) is 0 Å². The fraction of sp³-hybridized carbons (Fsp3) is 0.200. The molecule has 2 aliphatic carbocycles. The highest BCUT2D eigenvalue weighted by Gasteiger charge is 2.70. The van der Waals surface area contributed by atoms with Crippen LogP contribution in [0, 0.1) is 23.7 Å². The molecule has 2 N–H and O–H groups in total. The SMILES string of the molecule is COc1ccc([C@H]2C3=CC[C@@H]4C(=O)N(c5ccc(Nc6ccccc6)cc5)C(=O)[C@@H]4[C@@H]3C[C@H]3C(=O)N(c4cccc(Cl)c4)C(=O)[C@@]23c2ccccc2)cc1O. The number of para-hydroxylation sites is 1. The molecule has 4 amide bonds. The zero-order chi connectivity index (χ0) is 38.0. The van der Waals surface area contributed by atoms with E-state index in [-0.39, 0.29) is 36.2 Å². The van der Waals surface area contributed by atoms with E-state index in [0.29, 0.717) is 27.5 Å². The van der Waals surface area contributed by atoms with E-state index in [1.54, 1.807) is 54.6 Å². The first-order valence-corrected chi connectivity index (χ1v) is 18.7. The Kier molecular flexibility index (Phi) is 8.35. The molecule has 5 aromatic carbocycles. The number of methoxy groups -OCH3 is 1. The number of aromatic hydroxyl groups is 1. The Morgan fingerprint density at radius 1 is 0.727 bits per heavy atom. The molecular formula is C45H36ClN3O6. The van der Waals surface area contributed by atoms with Crippen LogP contribution in [0.5, 0.6) is 11.5 Å². The summed E-state index contributed by atoms with van der Waals surface area (Å²) >= 11 is 6.42. The average molecular weight is 750 g/mol. The van der Waals surface area contributed by atoms with Crippen LogP contribution in [0.15, 0.2) is 139 Å². The van der Waals surface area contributed by atoms with Gasteiger partial charge in [0, 0.05) is 22.3 Å². The zero-order valence-electron chi connectivity index (χ0n) is 29.8. The predicted octanol–water partition coefficient (Wildman–Crippen LogP) is 8.16. The first-order chi connectivity index (χ1) is 26.7. The number of amides is 4. The standard InChI is InChI=1S/C45H36ClN3O6/c1-55-38-22-15-26(23-37(38)50)40-33-20-21-34-39(43(53)48(41(34)51)31-18-16-30(17-19-31)47-29-12-6-3-7-13-29)35(33)25-36-42(52)49(32-14-8-11-28(46)24-32)44(54)45(36,40)27-9-4-2-5-10-27/h2-20,22-24,34-36,39-40,47,50H,21,25H2,1H3/t34-,35+,36-,39-,40-,45+/m0/s1. The lowest BCUT2D eigenvalue weighted by molar-refractivity contribution is -0.127. The molecule has 2 heterocycles. The quantitative estimate of drug-likeness (QED) is 0.127. The number of hydrogen-bond acceptors (Lipinski definition) is 7. The fourth-order valence-electron chi connectivity index (χ4n) is 9.64. The van der Waals surface area contributed by atoms with E-state index >= 15 is 4.79 Å². The Balaban J connectivity index is 1.17. The van der Waals surface area contributed by atoms with E-state index in [2.05, 4.69) is 5.32 Å². The van der Waals surface area contributed by atoms with Crippen molar-refractivity contribution in [3.05, 3.63) is 155 Å². The number of nitrogens with zero attached hydrogens (tertiary/aromatic N) is 2. The minimum Gasteiger partial charge on any atom is -0.504 e. The van der Waals surface area contributed by atoms with Crippen molar-refractivity contribution in [2.75, 3.05) is 22.2 Å². The van der Waals surface area contributed by atoms with Crippen molar-refractivity contribution in [2.45, 2.75) is 24.2 Å². The van der Waals surface area contributed by atoms with Crippen LogP contribution in [0.25, 0.3) is 0 Å². The number of anilines is 4. The van der Waals surface area contributed by atoms with Gasteiger partial charge in [0.05, 0.1) is 41.7 Å². The molecule has 274 valence electrons. The highest BCUT2D eigenvalue weighted by atomic mass is 35.5. The van der Waals surface area contributed by atoms with Gasteiger partial charge < -0.3 is 15.2 Å². The number of carbonyl (C=O) groups is 4. The Bertz CT molecular complexity index is 2400. The third-order valence-electron chi connectivity index (χ3n) is 11.9. The van der Waals surface area contributed by atoms with E-state index in [9.17, 15) is 19.5 Å². The van der Waals surface area contributed by atoms with Crippen molar-refractivity contribution < 1.29 is 29.0 Å². The molecule has 0 radical (unpaired) electrons. The summed E-state index contributed by atoms with van der Waals surface area (Å²) < 4.78 is 5.39. The molecule has 9 nitrogen and oxygen atoms in total. The normalized spacial score (nSPS) is 25.6. The second kappa shape index (κ2) is 13.3. The highest BCUT2D eigenvalue weighted by molar-refractivity contribution is 6.32. The molecule has 9 rings (SSSR count). The van der Waals surface area contributed by atoms with Crippen LogP contribution in [0.1, 0.15) is 29.9 Å². The number of benzene rings is 5. The minimum absolute atomic E-state index is 0.122. The molecule has 2 saturated heterocycles. The van der Waals surface area contributed by atoms with Crippen molar-refractivity contribution in [2.24, 2.45) is 23.7 Å². The van der Waals surface area contributed by atoms with Gasteiger partial charge in [0.25, 0.3) is 0 Å². The maximum atomic E-state index is 15.4. The first kappa shape index (κ1) is 34.6. The van der Waals surface area contributed by atoms with E-state index in [1.165, 1.54) is 16.9 Å². The Hall–Kier alpha value is -6.19. The van der Waals surface area contributed by atoms with Crippen LogP contribution in [0.2, 0.25) is 5.02 Å². The lowest BCUT2D eigenvalue weighted by atomic mass is 9.49. The van der Waals surface area contributed by atoms with Crippen molar-refractivity contribution in [1.29, 1.82) is 0 Å². The third-order valence-corrected chi connectivity index (χ3v) is 12.1. The van der Waals surface area contributed by atoms with Gasteiger partial charge in [-0.1, -0.05) is 83.9 Å². The zero-order valence-corrected chi connectivity index (χ0v) is 30.5. The summed E-state index contributed by atoms with van der Waals surface area (Å²) in [6.07, 6.45) is 2.44. The van der Waals surface area contributed by atoms with Crippen LogP contribution in [0.3, 0.4) is 0 Å². The molecule has 4 aliphatic rings. The van der Waals surface area contributed by atoms with Gasteiger partial charge in [0.1, 0.15) is 0 Å². The van der Waals surface area contributed by atoms with Crippen LogP contribution in [-0.4, -0.2) is 35.8 Å². The number of nitrogens with one attached hydrogen (secondary N) is 1. The van der Waals surface area contributed by atoms with E-state index in [4.69, 9.17) is 16.3 Å². The number of phenols is 1. The van der Waals surface area contributed by atoms with Crippen molar-refractivity contribution in [1.82, 2.24) is 0 Å². The number of phenolic OH excluding ortho intramolecular Hbond substituents is 1. The molecule has 6 atom stereocenters. The van der Waals surface area contributed by atoms with E-state index < -0.39 is 46.8 Å². The highest BCUT2D eigenvalue weighted by Crippen LogP contribution is 2.65. The smallest absolute Gasteiger partial charge is 0.246 e. The Morgan fingerprint density at radius 3 is 2.13 bits per heavy atom. The van der Waals surface area contributed by atoms with Crippen molar-refractivity contribution in [3.8, 4) is 11.5 Å². The summed E-state index contributed by atoms with van der Waals surface area (Å²) in [6.45, 7) is 0. The molecule has 3 fully saturated rings. The second-order valence-electron chi connectivity index (χ2n) is 14.6. The molecule has 2 aliphatic heterocycles. The average Bonchev–Trinajstić information content (AvgIpc) is 3.59. The van der Waals surface area contributed by atoms with E-state index in [1.807, 2.05) is 78.9 Å². The molecule has 0 aromatic heterocycles. The molecular weight excluding hydrogens is 714 g/mol. The number of hydrogen-bond donors (Lipinski definition) is 2. The molecule has 0 spiro atoms. The monoisotopic (exact) mass is 749 g/mol. The van der Waals surface area contributed by atoms with Gasteiger partial charge in [0.2, 0.25) is 23.6 Å². The van der Waals surface area contributed by atoms with Crippen LogP contribution in [0.4, 0.5) is 22.7 Å². The molecule has 1 saturated carbocycles. The third kappa shape index (κ3) is 5.28. The summed E-state index contributed by atoms with van der Waals surface area (Å²) in [5.41, 5.74) is 3.10. The molecule has 55 heavy (non-hydrogen) atoms. The number of halogens is 1. The number of imide groups is 2. The summed E-state index contributed by atoms with van der Waals surface area (Å²) in [7, 11) is 1.46. The largest absolute Gasteiger partial charge is 0.504 e. The van der Waals surface area contributed by atoms with Crippen LogP contribution >= 0.6 is 11.6 Å². The molecule has 10 heteroatoms. The summed E-state index contributed by atoms with van der Waals surface area (Å²) in [5, 5.41) is 14.9. The van der Waals surface area contributed by atoms with Gasteiger partial charge >= 0.3 is 0 Å². The van der Waals surface area contributed by atoms with Crippen LogP contribution in [-0.2, 0) is 24.6 Å². The van der Waals surface area contributed by atoms with Gasteiger partial charge in [0.15, 0.2) is 11.5 Å². The number of allylic oxidation sites excluding steroid dienone is 2. The van der Waals surface area contributed by atoms with E-state index in [0.717, 1.165) is 16.9 Å². The topological polar surface area (TPSA) is 116 Å². The molecule has 5 aromatic rings. The summed E-state index contributed by atoms with van der Waals surface area (Å²) in [4.78, 5) is 61.8. The van der Waals surface area contributed by atoms with Crippen molar-refractivity contribution >= 4 is 58.0 Å². The molecule has 0 bridgehead atoms. The number of carbonyl (C=O) groups excluding carboxylic acids is 4. The Morgan fingerprint density at radius 2 is 1.44 bits per heavy atom.